The summed E-state index contributed by atoms with van der Waals surface area (Å²) in [5.74, 6) is -1.73. The van der Waals surface area contributed by atoms with Crippen LogP contribution in [0.15, 0.2) is 30.3 Å². The van der Waals surface area contributed by atoms with Gasteiger partial charge in [0.15, 0.2) is 5.78 Å². The van der Waals surface area contributed by atoms with E-state index < -0.39 is 17.4 Å². The highest BCUT2D eigenvalue weighted by atomic mass is 35.5. The Morgan fingerprint density at radius 2 is 1.85 bits per heavy atom. The predicted octanol–water partition coefficient (Wildman–Crippen LogP) is 4.17. The van der Waals surface area contributed by atoms with Gasteiger partial charge in [0.1, 0.15) is 17.4 Å². The summed E-state index contributed by atoms with van der Waals surface area (Å²) in [6.07, 6.45) is 0. The van der Waals surface area contributed by atoms with Crippen molar-refractivity contribution in [3.05, 3.63) is 63.7 Å². The van der Waals surface area contributed by atoms with Gasteiger partial charge in [-0.3, -0.25) is 4.79 Å². The molecule has 0 atom stereocenters. The zero-order chi connectivity index (χ0) is 14.9. The third-order valence-electron chi connectivity index (χ3n) is 2.91. The number of methoxy groups -OCH3 is 1. The van der Waals surface area contributed by atoms with Gasteiger partial charge in [-0.2, -0.15) is 0 Å². The first-order valence-corrected chi connectivity index (χ1v) is 6.15. The number of ketones is 1. The van der Waals surface area contributed by atoms with Gasteiger partial charge in [0, 0.05) is 11.6 Å². The Bertz CT molecular complexity index is 684. The molecule has 104 valence electrons. The highest BCUT2D eigenvalue weighted by molar-refractivity contribution is 6.32. The molecule has 0 saturated heterocycles. The van der Waals surface area contributed by atoms with Crippen LogP contribution in [0, 0.1) is 18.6 Å². The van der Waals surface area contributed by atoms with E-state index in [1.54, 1.807) is 0 Å². The lowest BCUT2D eigenvalue weighted by molar-refractivity contribution is 0.103. The Hall–Kier alpha value is -1.94. The highest BCUT2D eigenvalue weighted by Gasteiger charge is 2.17. The van der Waals surface area contributed by atoms with Crippen molar-refractivity contribution >= 4 is 17.4 Å². The molecule has 0 aliphatic heterocycles. The van der Waals surface area contributed by atoms with Crippen molar-refractivity contribution in [2.75, 3.05) is 7.11 Å². The van der Waals surface area contributed by atoms with Crippen LogP contribution in [0.5, 0.6) is 5.75 Å². The molecule has 0 spiro atoms. The molecule has 0 radical (unpaired) electrons. The van der Waals surface area contributed by atoms with E-state index in [4.69, 9.17) is 16.3 Å². The van der Waals surface area contributed by atoms with Crippen LogP contribution < -0.4 is 4.74 Å². The van der Waals surface area contributed by atoms with Gasteiger partial charge in [-0.25, -0.2) is 8.78 Å². The summed E-state index contributed by atoms with van der Waals surface area (Å²) < 4.78 is 31.9. The largest absolute Gasteiger partial charge is 0.495 e. The van der Waals surface area contributed by atoms with Crippen molar-refractivity contribution < 1.29 is 18.3 Å². The lowest BCUT2D eigenvalue weighted by atomic mass is 10.0. The second-order valence-electron chi connectivity index (χ2n) is 4.26. The molecule has 5 heteroatoms. The number of ether oxygens (including phenoxy) is 1. The molecule has 0 unspecified atom stereocenters. The maximum absolute atomic E-state index is 13.7. The van der Waals surface area contributed by atoms with E-state index in [1.165, 1.54) is 38.3 Å². The van der Waals surface area contributed by atoms with Gasteiger partial charge in [-0.15, -0.1) is 0 Å². The van der Waals surface area contributed by atoms with Gasteiger partial charge in [-0.05, 0) is 36.8 Å². The summed E-state index contributed by atoms with van der Waals surface area (Å²) in [5, 5.41) is 0.248. The molecular formula is C15H11ClF2O2. The zero-order valence-electron chi connectivity index (χ0n) is 10.8. The molecular weight excluding hydrogens is 286 g/mol. The number of aryl methyl sites for hydroxylation is 1. The normalized spacial score (nSPS) is 10.4. The van der Waals surface area contributed by atoms with E-state index in [0.29, 0.717) is 11.8 Å². The van der Waals surface area contributed by atoms with E-state index in [9.17, 15) is 13.6 Å². The topological polar surface area (TPSA) is 26.3 Å². The molecule has 0 fully saturated rings. The van der Waals surface area contributed by atoms with Gasteiger partial charge in [0.25, 0.3) is 0 Å². The van der Waals surface area contributed by atoms with Gasteiger partial charge in [-0.1, -0.05) is 11.6 Å². The number of benzene rings is 2. The van der Waals surface area contributed by atoms with Crippen molar-refractivity contribution in [3.8, 4) is 5.75 Å². The average Bonchev–Trinajstić information content (AvgIpc) is 2.42. The van der Waals surface area contributed by atoms with Gasteiger partial charge in [0.05, 0.1) is 17.7 Å². The maximum Gasteiger partial charge on any atom is 0.196 e. The molecule has 20 heavy (non-hydrogen) atoms. The van der Waals surface area contributed by atoms with Crippen molar-refractivity contribution in [1.82, 2.24) is 0 Å². The molecule has 0 aliphatic carbocycles. The predicted molar refractivity (Wildman–Crippen MR) is 72.5 cm³/mol. The maximum atomic E-state index is 13.7. The quantitative estimate of drug-likeness (QED) is 0.795. The van der Waals surface area contributed by atoms with E-state index >= 15 is 0 Å². The zero-order valence-corrected chi connectivity index (χ0v) is 11.6. The Balaban J connectivity index is 2.46. The second kappa shape index (κ2) is 5.59. The molecule has 2 nitrogen and oxygen atoms in total. The average molecular weight is 297 g/mol. The lowest BCUT2D eigenvalue weighted by Crippen LogP contribution is -2.06. The van der Waals surface area contributed by atoms with E-state index in [1.807, 2.05) is 0 Å². The van der Waals surface area contributed by atoms with E-state index in [-0.39, 0.29) is 21.7 Å². The van der Waals surface area contributed by atoms with E-state index in [0.717, 1.165) is 0 Å². The molecule has 0 heterocycles. The number of carbonyl (C=O) groups excluding carboxylic acids is 1. The van der Waals surface area contributed by atoms with Crippen LogP contribution in [0.4, 0.5) is 8.78 Å². The monoisotopic (exact) mass is 296 g/mol. The van der Waals surface area contributed by atoms with Crippen molar-refractivity contribution in [2.45, 2.75) is 6.92 Å². The van der Waals surface area contributed by atoms with Crippen LogP contribution in [0.25, 0.3) is 0 Å². The summed E-state index contributed by atoms with van der Waals surface area (Å²) >= 11 is 5.93. The molecule has 0 bridgehead atoms. The lowest BCUT2D eigenvalue weighted by Gasteiger charge is -2.07. The van der Waals surface area contributed by atoms with Crippen molar-refractivity contribution in [1.29, 1.82) is 0 Å². The Morgan fingerprint density at radius 3 is 2.45 bits per heavy atom. The molecule has 0 saturated carbocycles. The molecule has 0 aromatic heterocycles. The number of carbonyl (C=O) groups is 1. The SMILES string of the molecule is COc1ccc(C(=O)c2cc(C)c(F)cc2F)cc1Cl. The fourth-order valence-electron chi connectivity index (χ4n) is 1.79. The summed E-state index contributed by atoms with van der Waals surface area (Å²) in [4.78, 5) is 12.2. The van der Waals surface area contributed by atoms with Crippen LogP contribution >= 0.6 is 11.6 Å². The first-order valence-electron chi connectivity index (χ1n) is 5.78. The Labute approximate surface area is 119 Å². The van der Waals surface area contributed by atoms with Gasteiger partial charge < -0.3 is 4.74 Å². The standard InChI is InChI=1S/C15H11ClF2O2/c1-8-5-10(13(18)7-12(8)17)15(19)9-3-4-14(20-2)11(16)6-9/h3-7H,1-2H3. The Kier molecular flexibility index (Phi) is 4.04. The number of hydrogen-bond acceptors (Lipinski definition) is 2. The van der Waals surface area contributed by atoms with Crippen molar-refractivity contribution in [2.24, 2.45) is 0 Å². The summed E-state index contributed by atoms with van der Waals surface area (Å²) in [6, 6.07) is 6.27. The first kappa shape index (κ1) is 14.5. The minimum Gasteiger partial charge on any atom is -0.495 e. The van der Waals surface area contributed by atoms with Crippen LogP contribution in [0.1, 0.15) is 21.5 Å². The molecule has 2 aromatic rings. The second-order valence-corrected chi connectivity index (χ2v) is 4.67. The van der Waals surface area contributed by atoms with Crippen LogP contribution in [-0.2, 0) is 0 Å². The number of rotatable bonds is 3. The fraction of sp³-hybridized carbons (Fsp3) is 0.133. The highest BCUT2D eigenvalue weighted by Crippen LogP contribution is 2.27. The number of hydrogen-bond donors (Lipinski definition) is 0. The molecule has 0 N–H and O–H groups in total. The minimum absolute atomic E-state index is 0.190. The number of halogens is 3. The summed E-state index contributed by atoms with van der Waals surface area (Å²) in [6.45, 7) is 1.46. The first-order chi connectivity index (χ1) is 9.43. The van der Waals surface area contributed by atoms with Crippen LogP contribution in [0.3, 0.4) is 0 Å². The minimum atomic E-state index is -0.898. The third-order valence-corrected chi connectivity index (χ3v) is 3.20. The van der Waals surface area contributed by atoms with Gasteiger partial charge in [0.2, 0.25) is 0 Å². The van der Waals surface area contributed by atoms with Gasteiger partial charge >= 0.3 is 0 Å². The molecule has 2 rings (SSSR count). The molecule has 0 aliphatic rings. The van der Waals surface area contributed by atoms with Crippen LogP contribution in [-0.4, -0.2) is 12.9 Å². The summed E-state index contributed by atoms with van der Waals surface area (Å²) in [5.41, 5.74) is 0.222. The Morgan fingerprint density at radius 1 is 1.15 bits per heavy atom. The van der Waals surface area contributed by atoms with E-state index in [2.05, 4.69) is 0 Å². The summed E-state index contributed by atoms with van der Waals surface area (Å²) in [7, 11) is 1.45. The fourth-order valence-corrected chi connectivity index (χ4v) is 2.05. The third kappa shape index (κ3) is 2.65. The molecule has 0 amide bonds. The smallest absolute Gasteiger partial charge is 0.196 e. The van der Waals surface area contributed by atoms with Crippen LogP contribution in [0.2, 0.25) is 5.02 Å². The van der Waals surface area contributed by atoms with Crippen molar-refractivity contribution in [3.63, 3.8) is 0 Å². The molecule has 2 aromatic carbocycles.